The third-order valence-corrected chi connectivity index (χ3v) is 3.34. The van der Waals surface area contributed by atoms with E-state index in [1.165, 1.54) is 6.20 Å². The maximum atomic E-state index is 11.6. The smallest absolute Gasteiger partial charge is 0.319 e. The van der Waals surface area contributed by atoms with E-state index in [9.17, 15) is 13.2 Å². The van der Waals surface area contributed by atoms with E-state index in [0.29, 0.717) is 17.8 Å². The van der Waals surface area contributed by atoms with E-state index in [1.54, 1.807) is 30.5 Å². The molecule has 0 atom stereocenters. The van der Waals surface area contributed by atoms with Gasteiger partial charge in [-0.15, -0.1) is 0 Å². The second-order valence-electron chi connectivity index (χ2n) is 4.42. The molecule has 112 valence electrons. The van der Waals surface area contributed by atoms with Crippen LogP contribution in [0, 0.1) is 0 Å². The van der Waals surface area contributed by atoms with Gasteiger partial charge in [-0.05, 0) is 11.1 Å². The lowest BCUT2D eigenvalue weighted by Gasteiger charge is -2.07. The Bertz CT molecular complexity index is 695. The van der Waals surface area contributed by atoms with Crippen LogP contribution in [0.1, 0.15) is 11.1 Å². The zero-order chi connectivity index (χ0) is 15.3. The number of nitrogens with one attached hydrogen (secondary N) is 3. The Balaban J connectivity index is 1.84. The van der Waals surface area contributed by atoms with Gasteiger partial charge in [0.2, 0.25) is 10.0 Å². The molecule has 0 aliphatic heterocycles. The number of anilines is 1. The summed E-state index contributed by atoms with van der Waals surface area (Å²) < 4.78 is 21.9. The average Bonchev–Trinajstić information content (AvgIpc) is 2.89. The third-order valence-electron chi connectivity index (χ3n) is 2.60. The number of carbonyl (C=O) groups excluding carboxylic acids is 1. The normalized spacial score (nSPS) is 11.1. The highest BCUT2D eigenvalue weighted by atomic mass is 32.2. The van der Waals surface area contributed by atoms with Crippen LogP contribution in [-0.2, 0) is 22.3 Å². The van der Waals surface area contributed by atoms with Crippen molar-refractivity contribution in [3.8, 4) is 0 Å². The SMILES string of the molecule is NS(=O)(=O)Cc1ccc(CNC(=O)Nc2cn[nH]c2)cc1. The van der Waals surface area contributed by atoms with Crippen LogP contribution < -0.4 is 15.8 Å². The minimum absolute atomic E-state index is 0.207. The van der Waals surface area contributed by atoms with Crippen LogP contribution in [0.25, 0.3) is 0 Å². The molecular weight excluding hydrogens is 294 g/mol. The van der Waals surface area contributed by atoms with Gasteiger partial charge in [0.15, 0.2) is 0 Å². The Labute approximate surface area is 121 Å². The molecular formula is C12H15N5O3S. The molecule has 5 N–H and O–H groups in total. The second-order valence-corrected chi connectivity index (χ2v) is 6.03. The number of rotatable bonds is 5. The number of aromatic amines is 1. The number of urea groups is 1. The standard InChI is InChI=1S/C12H15N5O3S/c13-21(19,20)8-10-3-1-9(2-4-10)5-14-12(18)17-11-6-15-16-7-11/h1-4,6-7H,5,8H2,(H,15,16)(H2,13,19,20)(H2,14,17,18). The quantitative estimate of drug-likeness (QED) is 0.641. The summed E-state index contributed by atoms with van der Waals surface area (Å²) >= 11 is 0. The van der Waals surface area contributed by atoms with Crippen LogP contribution in [-0.4, -0.2) is 24.6 Å². The van der Waals surface area contributed by atoms with Gasteiger partial charge < -0.3 is 10.6 Å². The summed E-state index contributed by atoms with van der Waals surface area (Å²) in [6.07, 6.45) is 3.04. The van der Waals surface area contributed by atoms with Crippen molar-refractivity contribution in [1.82, 2.24) is 15.5 Å². The number of carbonyl (C=O) groups is 1. The van der Waals surface area contributed by atoms with Crippen LogP contribution in [0.15, 0.2) is 36.7 Å². The van der Waals surface area contributed by atoms with Gasteiger partial charge in [0.25, 0.3) is 0 Å². The van der Waals surface area contributed by atoms with E-state index < -0.39 is 10.0 Å². The van der Waals surface area contributed by atoms with Gasteiger partial charge in [-0.25, -0.2) is 18.4 Å². The molecule has 1 aromatic carbocycles. The van der Waals surface area contributed by atoms with Crippen molar-refractivity contribution in [1.29, 1.82) is 0 Å². The van der Waals surface area contributed by atoms with Crippen molar-refractivity contribution in [3.63, 3.8) is 0 Å². The number of nitrogens with two attached hydrogens (primary N) is 1. The summed E-state index contributed by atoms with van der Waals surface area (Å²) in [7, 11) is -3.53. The van der Waals surface area contributed by atoms with Crippen LogP contribution in [0.2, 0.25) is 0 Å². The van der Waals surface area contributed by atoms with Crippen LogP contribution in [0.4, 0.5) is 10.5 Å². The molecule has 2 aromatic rings. The van der Waals surface area contributed by atoms with E-state index in [2.05, 4.69) is 20.8 Å². The van der Waals surface area contributed by atoms with Gasteiger partial charge in [-0.1, -0.05) is 24.3 Å². The van der Waals surface area contributed by atoms with Crippen molar-refractivity contribution in [2.75, 3.05) is 5.32 Å². The molecule has 0 aliphatic carbocycles. The maximum Gasteiger partial charge on any atom is 0.319 e. The number of H-pyrrole nitrogens is 1. The molecule has 0 aliphatic rings. The predicted octanol–water partition coefficient (Wildman–Crippen LogP) is 0.520. The average molecular weight is 309 g/mol. The Morgan fingerprint density at radius 3 is 2.48 bits per heavy atom. The van der Waals surface area contributed by atoms with Crippen molar-refractivity contribution >= 4 is 21.7 Å². The summed E-state index contributed by atoms with van der Waals surface area (Å²) in [6.45, 7) is 0.319. The van der Waals surface area contributed by atoms with Gasteiger partial charge in [0.1, 0.15) is 0 Å². The second kappa shape index (κ2) is 6.37. The molecule has 1 heterocycles. The summed E-state index contributed by atoms with van der Waals surface area (Å²) in [5.74, 6) is -0.207. The molecule has 2 rings (SSSR count). The molecule has 0 spiro atoms. The molecule has 0 radical (unpaired) electrons. The predicted molar refractivity (Wildman–Crippen MR) is 77.7 cm³/mol. The minimum atomic E-state index is -3.53. The largest absolute Gasteiger partial charge is 0.334 e. The monoisotopic (exact) mass is 309 g/mol. The molecule has 0 bridgehead atoms. The zero-order valence-electron chi connectivity index (χ0n) is 11.0. The Hall–Kier alpha value is -2.39. The molecule has 0 unspecified atom stereocenters. The van der Waals surface area contributed by atoms with Gasteiger partial charge in [0, 0.05) is 12.7 Å². The topological polar surface area (TPSA) is 130 Å². The van der Waals surface area contributed by atoms with E-state index in [4.69, 9.17) is 5.14 Å². The highest BCUT2D eigenvalue weighted by molar-refractivity contribution is 7.88. The number of primary sulfonamides is 1. The molecule has 2 amide bonds. The van der Waals surface area contributed by atoms with Crippen LogP contribution in [0.5, 0.6) is 0 Å². The lowest BCUT2D eigenvalue weighted by Crippen LogP contribution is -2.28. The van der Waals surface area contributed by atoms with E-state index >= 15 is 0 Å². The number of benzene rings is 1. The first kappa shape index (κ1) is 15.0. The number of nitrogens with zero attached hydrogens (tertiary/aromatic N) is 1. The van der Waals surface area contributed by atoms with Gasteiger partial charge in [0.05, 0.1) is 17.6 Å². The highest BCUT2D eigenvalue weighted by Crippen LogP contribution is 2.07. The first-order valence-electron chi connectivity index (χ1n) is 6.04. The molecule has 21 heavy (non-hydrogen) atoms. The van der Waals surface area contributed by atoms with E-state index in [1.807, 2.05) is 0 Å². The summed E-state index contributed by atoms with van der Waals surface area (Å²) in [6, 6.07) is 6.44. The Kier molecular flexibility index (Phi) is 4.55. The zero-order valence-corrected chi connectivity index (χ0v) is 11.9. The first-order valence-corrected chi connectivity index (χ1v) is 7.76. The van der Waals surface area contributed by atoms with Crippen molar-refractivity contribution < 1.29 is 13.2 Å². The first-order chi connectivity index (χ1) is 9.92. The molecule has 0 saturated heterocycles. The molecule has 9 heteroatoms. The fourth-order valence-corrected chi connectivity index (χ4v) is 2.32. The molecule has 0 saturated carbocycles. The molecule has 8 nitrogen and oxygen atoms in total. The highest BCUT2D eigenvalue weighted by Gasteiger charge is 2.05. The van der Waals surface area contributed by atoms with Crippen molar-refractivity contribution in [2.24, 2.45) is 5.14 Å². The van der Waals surface area contributed by atoms with Gasteiger partial charge in [-0.2, -0.15) is 5.10 Å². The van der Waals surface area contributed by atoms with Crippen LogP contribution >= 0.6 is 0 Å². The lowest BCUT2D eigenvalue weighted by molar-refractivity contribution is 0.251. The number of hydrogen-bond acceptors (Lipinski definition) is 4. The number of sulfonamides is 1. The summed E-state index contributed by atoms with van der Waals surface area (Å²) in [5.41, 5.74) is 2.01. The molecule has 1 aromatic heterocycles. The fraction of sp³-hybridized carbons (Fsp3) is 0.167. The van der Waals surface area contributed by atoms with Crippen LogP contribution in [0.3, 0.4) is 0 Å². The van der Waals surface area contributed by atoms with Crippen molar-refractivity contribution in [2.45, 2.75) is 12.3 Å². The van der Waals surface area contributed by atoms with Crippen molar-refractivity contribution in [3.05, 3.63) is 47.8 Å². The van der Waals surface area contributed by atoms with E-state index in [-0.39, 0.29) is 11.8 Å². The van der Waals surface area contributed by atoms with Gasteiger partial charge >= 0.3 is 6.03 Å². The Morgan fingerprint density at radius 1 is 1.24 bits per heavy atom. The summed E-state index contributed by atoms with van der Waals surface area (Å²) in [4.78, 5) is 11.6. The fourth-order valence-electron chi connectivity index (χ4n) is 1.66. The summed E-state index contributed by atoms with van der Waals surface area (Å²) in [5, 5.41) is 16.5. The molecule has 0 fully saturated rings. The lowest BCUT2D eigenvalue weighted by atomic mass is 10.1. The minimum Gasteiger partial charge on any atom is -0.334 e. The van der Waals surface area contributed by atoms with E-state index in [0.717, 1.165) is 5.56 Å². The number of hydrogen-bond donors (Lipinski definition) is 4. The third kappa shape index (κ3) is 5.24. The number of aromatic nitrogens is 2. The number of amides is 2. The maximum absolute atomic E-state index is 11.6. The Morgan fingerprint density at radius 2 is 1.90 bits per heavy atom. The van der Waals surface area contributed by atoms with Gasteiger partial charge in [-0.3, -0.25) is 5.10 Å².